The molecule has 1 aromatic carbocycles. The van der Waals surface area contributed by atoms with Crippen molar-refractivity contribution in [3.8, 4) is 0 Å². The first-order valence-corrected chi connectivity index (χ1v) is 8.97. The van der Waals surface area contributed by atoms with Crippen LogP contribution in [0.2, 0.25) is 0 Å². The van der Waals surface area contributed by atoms with Crippen LogP contribution in [0.4, 0.5) is 5.69 Å². The van der Waals surface area contributed by atoms with Gasteiger partial charge in [0.15, 0.2) is 5.78 Å². The van der Waals surface area contributed by atoms with E-state index in [1.165, 1.54) is 6.20 Å². The smallest absolute Gasteiger partial charge is 0.274 e. The summed E-state index contributed by atoms with van der Waals surface area (Å²) in [6.45, 7) is 3.95. The van der Waals surface area contributed by atoms with Crippen molar-refractivity contribution in [2.45, 2.75) is 20.3 Å². The predicted molar refractivity (Wildman–Crippen MR) is 104 cm³/mol. The summed E-state index contributed by atoms with van der Waals surface area (Å²) in [5, 5.41) is 12.3. The number of nitrogens with one attached hydrogen (secondary N) is 1. The number of aliphatic hydroxyl groups excluding tert-OH is 1. The molecular formula is C21H23N3O3. The number of hydrogen-bond acceptors (Lipinski definition) is 4. The van der Waals surface area contributed by atoms with Gasteiger partial charge in [-0.05, 0) is 36.1 Å². The number of amides is 1. The largest absolute Gasteiger partial charge is 0.396 e. The summed E-state index contributed by atoms with van der Waals surface area (Å²) in [5.41, 5.74) is 2.17. The van der Waals surface area contributed by atoms with Crippen molar-refractivity contribution in [1.82, 2.24) is 9.38 Å². The minimum Gasteiger partial charge on any atom is -0.396 e. The van der Waals surface area contributed by atoms with Gasteiger partial charge in [0.25, 0.3) is 5.91 Å². The normalized spacial score (nSPS) is 12.3. The summed E-state index contributed by atoms with van der Waals surface area (Å²) in [4.78, 5) is 29.3. The lowest BCUT2D eigenvalue weighted by molar-refractivity contribution is 0.0907. The van der Waals surface area contributed by atoms with Crippen LogP contribution in [0.15, 0.2) is 54.9 Å². The van der Waals surface area contributed by atoms with Gasteiger partial charge in [-0.15, -0.1) is 0 Å². The van der Waals surface area contributed by atoms with Gasteiger partial charge in [-0.25, -0.2) is 4.98 Å². The zero-order valence-electron chi connectivity index (χ0n) is 15.4. The third-order valence-corrected chi connectivity index (χ3v) is 4.72. The molecule has 0 bridgehead atoms. The first kappa shape index (κ1) is 18.8. The van der Waals surface area contributed by atoms with Crippen molar-refractivity contribution in [2.75, 3.05) is 11.9 Å². The van der Waals surface area contributed by atoms with E-state index in [2.05, 4.69) is 10.3 Å². The van der Waals surface area contributed by atoms with E-state index in [0.717, 1.165) is 0 Å². The highest BCUT2D eigenvalue weighted by atomic mass is 16.3. The van der Waals surface area contributed by atoms with Crippen LogP contribution < -0.4 is 5.32 Å². The zero-order chi connectivity index (χ0) is 19.4. The Kier molecular flexibility index (Phi) is 5.66. The minimum atomic E-state index is -0.297. The summed E-state index contributed by atoms with van der Waals surface area (Å²) >= 11 is 0. The number of imidazole rings is 1. The van der Waals surface area contributed by atoms with Crippen LogP contribution >= 0.6 is 0 Å². The highest BCUT2D eigenvalue weighted by Crippen LogP contribution is 2.20. The molecule has 1 atom stereocenters. The molecular weight excluding hydrogens is 342 g/mol. The molecule has 6 heteroatoms. The Morgan fingerprint density at radius 2 is 2.00 bits per heavy atom. The molecule has 2 aromatic heterocycles. The number of carbonyl (C=O) groups excluding carboxylic acids is 2. The van der Waals surface area contributed by atoms with Crippen LogP contribution in [-0.4, -0.2) is 32.8 Å². The summed E-state index contributed by atoms with van der Waals surface area (Å²) in [7, 11) is 0. The number of rotatable bonds is 7. The van der Waals surface area contributed by atoms with E-state index in [1.54, 1.807) is 34.9 Å². The molecule has 2 N–H and O–H groups in total. The van der Waals surface area contributed by atoms with Gasteiger partial charge in [0.05, 0.1) is 6.20 Å². The van der Waals surface area contributed by atoms with Crippen molar-refractivity contribution < 1.29 is 14.7 Å². The Morgan fingerprint density at radius 3 is 2.74 bits per heavy atom. The molecule has 27 heavy (non-hydrogen) atoms. The van der Waals surface area contributed by atoms with Gasteiger partial charge in [-0.2, -0.15) is 0 Å². The average molecular weight is 365 g/mol. The molecule has 1 amide bonds. The van der Waals surface area contributed by atoms with Crippen LogP contribution in [0.5, 0.6) is 0 Å². The number of ketones is 1. The monoisotopic (exact) mass is 365 g/mol. The molecule has 0 aliphatic rings. The van der Waals surface area contributed by atoms with Crippen molar-refractivity contribution in [3.05, 3.63) is 66.1 Å². The van der Waals surface area contributed by atoms with E-state index in [9.17, 15) is 14.7 Å². The number of carbonyl (C=O) groups is 2. The van der Waals surface area contributed by atoms with E-state index in [4.69, 9.17) is 0 Å². The summed E-state index contributed by atoms with van der Waals surface area (Å²) in [6.07, 6.45) is 3.57. The second kappa shape index (κ2) is 8.14. The van der Waals surface area contributed by atoms with Crippen LogP contribution in [0.3, 0.4) is 0 Å². The van der Waals surface area contributed by atoms with Crippen molar-refractivity contribution in [2.24, 2.45) is 11.8 Å². The van der Waals surface area contributed by atoms with Gasteiger partial charge < -0.3 is 10.4 Å². The predicted octanol–water partition coefficient (Wildman–Crippen LogP) is 3.42. The zero-order valence-corrected chi connectivity index (χ0v) is 15.4. The lowest BCUT2D eigenvalue weighted by Gasteiger charge is -2.17. The number of fused-ring (bicyclic) bond motifs is 1. The molecule has 140 valence electrons. The van der Waals surface area contributed by atoms with E-state index in [0.29, 0.717) is 22.6 Å². The molecule has 0 unspecified atom stereocenters. The highest BCUT2D eigenvalue weighted by Gasteiger charge is 2.18. The number of nitrogens with zero attached hydrogens (tertiary/aromatic N) is 2. The number of aliphatic hydroxyl groups is 1. The Bertz CT molecular complexity index is 962. The van der Waals surface area contributed by atoms with Gasteiger partial charge in [-0.3, -0.25) is 14.0 Å². The number of Topliss-reactive ketones (excluding diaryl/α,β-unsaturated/α-hetero) is 1. The molecule has 0 aliphatic heterocycles. The van der Waals surface area contributed by atoms with Gasteiger partial charge in [0.2, 0.25) is 0 Å². The summed E-state index contributed by atoms with van der Waals surface area (Å²) < 4.78 is 1.71. The quantitative estimate of drug-likeness (QED) is 0.629. The molecule has 0 saturated carbocycles. The fraction of sp³-hybridized carbons (Fsp3) is 0.286. The molecule has 3 rings (SSSR count). The molecule has 2 heterocycles. The summed E-state index contributed by atoms with van der Waals surface area (Å²) in [6, 6.07) is 12.4. The van der Waals surface area contributed by atoms with Gasteiger partial charge >= 0.3 is 0 Å². The van der Waals surface area contributed by atoms with Gasteiger partial charge in [-0.1, -0.05) is 32.0 Å². The molecule has 0 spiro atoms. The third-order valence-electron chi connectivity index (χ3n) is 4.72. The standard InChI is InChI=1S/C21H23N3O3/c1-14(2)16(13-25)11-19(26)15-6-5-7-17(10-15)23-21(27)18-12-22-20-8-3-4-9-24(18)20/h3-10,12,14,16,25H,11,13H2,1-2H3,(H,23,27)/t16-/m0/s1. The number of hydrogen-bond donors (Lipinski definition) is 2. The van der Waals surface area contributed by atoms with Crippen LogP contribution in [0.25, 0.3) is 5.65 Å². The first-order valence-electron chi connectivity index (χ1n) is 8.97. The van der Waals surface area contributed by atoms with Crippen molar-refractivity contribution >= 4 is 23.0 Å². The SMILES string of the molecule is CC(C)[C@H](CO)CC(=O)c1cccc(NC(=O)c2cnc3ccccn23)c1. The Balaban J connectivity index is 1.75. The first-order chi connectivity index (χ1) is 13.0. The fourth-order valence-electron chi connectivity index (χ4n) is 2.93. The maximum absolute atomic E-state index is 12.6. The molecule has 6 nitrogen and oxygen atoms in total. The maximum Gasteiger partial charge on any atom is 0.274 e. The topological polar surface area (TPSA) is 83.7 Å². The Labute approximate surface area is 157 Å². The number of anilines is 1. The van der Waals surface area contributed by atoms with Crippen LogP contribution in [0, 0.1) is 11.8 Å². The van der Waals surface area contributed by atoms with Gasteiger partial charge in [0.1, 0.15) is 11.3 Å². The van der Waals surface area contributed by atoms with E-state index >= 15 is 0 Å². The molecule has 0 radical (unpaired) electrons. The Hall–Kier alpha value is -2.99. The van der Waals surface area contributed by atoms with Crippen molar-refractivity contribution in [3.63, 3.8) is 0 Å². The van der Waals surface area contributed by atoms with E-state index in [-0.39, 0.29) is 36.6 Å². The van der Waals surface area contributed by atoms with E-state index < -0.39 is 0 Å². The molecule has 0 fully saturated rings. The number of benzene rings is 1. The maximum atomic E-state index is 12.6. The van der Waals surface area contributed by atoms with Crippen molar-refractivity contribution in [1.29, 1.82) is 0 Å². The molecule has 0 aliphatic carbocycles. The molecule has 3 aromatic rings. The van der Waals surface area contributed by atoms with Crippen LogP contribution in [0.1, 0.15) is 41.1 Å². The highest BCUT2D eigenvalue weighted by molar-refractivity contribution is 6.04. The summed E-state index contributed by atoms with van der Waals surface area (Å²) in [5.74, 6) is -0.201. The number of aromatic nitrogens is 2. The fourth-order valence-corrected chi connectivity index (χ4v) is 2.93. The number of pyridine rings is 1. The third kappa shape index (κ3) is 4.23. The van der Waals surface area contributed by atoms with Crippen LogP contribution in [-0.2, 0) is 0 Å². The van der Waals surface area contributed by atoms with E-state index in [1.807, 2.05) is 32.0 Å². The minimum absolute atomic E-state index is 0.0197. The Morgan fingerprint density at radius 1 is 1.19 bits per heavy atom. The lowest BCUT2D eigenvalue weighted by atomic mass is 9.89. The molecule has 0 saturated heterocycles. The second-order valence-electron chi connectivity index (χ2n) is 6.92. The average Bonchev–Trinajstić information content (AvgIpc) is 3.10. The van der Waals surface area contributed by atoms with Gasteiger partial charge in [0, 0.05) is 30.5 Å². The lowest BCUT2D eigenvalue weighted by Crippen LogP contribution is -2.18. The second-order valence-corrected chi connectivity index (χ2v) is 6.92.